The van der Waals surface area contributed by atoms with Gasteiger partial charge in [-0.2, -0.15) is 0 Å². The van der Waals surface area contributed by atoms with Gasteiger partial charge in [-0.3, -0.25) is 4.79 Å². The van der Waals surface area contributed by atoms with Gasteiger partial charge in [0.1, 0.15) is 0 Å². The van der Waals surface area contributed by atoms with E-state index in [1.807, 2.05) is 32.9 Å². The van der Waals surface area contributed by atoms with Crippen LogP contribution in [0.15, 0.2) is 12.1 Å². The van der Waals surface area contributed by atoms with Gasteiger partial charge in [-0.05, 0) is 19.1 Å². The molecule has 0 saturated carbocycles. The van der Waals surface area contributed by atoms with Crippen molar-refractivity contribution in [1.82, 2.24) is 0 Å². The SMILES string of the molecule is Cc1ccc(NC(=O)C(C)C)s1. The zero-order valence-electron chi connectivity index (χ0n) is 7.55. The molecule has 0 saturated heterocycles. The Balaban J connectivity index is 2.58. The lowest BCUT2D eigenvalue weighted by Crippen LogP contribution is -2.16. The van der Waals surface area contributed by atoms with Crippen LogP contribution in [-0.2, 0) is 4.79 Å². The second kappa shape index (κ2) is 3.72. The number of rotatable bonds is 2. The number of nitrogens with one attached hydrogen (secondary N) is 1. The molecule has 0 atom stereocenters. The van der Waals surface area contributed by atoms with E-state index >= 15 is 0 Å². The molecule has 66 valence electrons. The third-order valence-electron chi connectivity index (χ3n) is 1.51. The third-order valence-corrected chi connectivity index (χ3v) is 2.43. The molecule has 3 heteroatoms. The summed E-state index contributed by atoms with van der Waals surface area (Å²) in [4.78, 5) is 12.4. The number of hydrogen-bond donors (Lipinski definition) is 1. The molecule has 2 nitrogen and oxygen atoms in total. The number of carbonyl (C=O) groups excluding carboxylic acids is 1. The molecule has 0 aliphatic carbocycles. The zero-order valence-corrected chi connectivity index (χ0v) is 8.37. The summed E-state index contributed by atoms with van der Waals surface area (Å²) in [5, 5.41) is 3.78. The molecule has 0 radical (unpaired) electrons. The van der Waals surface area contributed by atoms with Crippen LogP contribution in [0.3, 0.4) is 0 Å². The Kier molecular flexibility index (Phi) is 2.87. The van der Waals surface area contributed by atoms with E-state index in [1.165, 1.54) is 4.88 Å². The summed E-state index contributed by atoms with van der Waals surface area (Å²) in [5.41, 5.74) is 0. The highest BCUT2D eigenvalue weighted by atomic mass is 32.1. The summed E-state index contributed by atoms with van der Waals surface area (Å²) in [6, 6.07) is 3.93. The highest BCUT2D eigenvalue weighted by Crippen LogP contribution is 2.20. The topological polar surface area (TPSA) is 29.1 Å². The molecule has 0 aliphatic heterocycles. The lowest BCUT2D eigenvalue weighted by atomic mass is 10.2. The number of aryl methyl sites for hydroxylation is 1. The smallest absolute Gasteiger partial charge is 0.227 e. The Bertz CT molecular complexity index is 278. The molecule has 1 amide bonds. The Morgan fingerprint density at radius 2 is 2.17 bits per heavy atom. The van der Waals surface area contributed by atoms with Gasteiger partial charge in [-0.1, -0.05) is 13.8 Å². The van der Waals surface area contributed by atoms with Crippen LogP contribution >= 0.6 is 11.3 Å². The van der Waals surface area contributed by atoms with Gasteiger partial charge in [0.25, 0.3) is 0 Å². The Morgan fingerprint density at radius 1 is 1.50 bits per heavy atom. The van der Waals surface area contributed by atoms with Crippen LogP contribution in [0, 0.1) is 12.8 Å². The normalized spacial score (nSPS) is 10.3. The maximum Gasteiger partial charge on any atom is 0.227 e. The van der Waals surface area contributed by atoms with Crippen molar-refractivity contribution in [2.45, 2.75) is 20.8 Å². The Labute approximate surface area is 76.6 Å². The standard InChI is InChI=1S/C9H13NOS/c1-6(2)9(11)10-8-5-4-7(3)12-8/h4-6H,1-3H3,(H,10,11). The van der Waals surface area contributed by atoms with Crippen LogP contribution in [0.1, 0.15) is 18.7 Å². The first kappa shape index (κ1) is 9.26. The number of carbonyl (C=O) groups is 1. The van der Waals surface area contributed by atoms with E-state index in [1.54, 1.807) is 11.3 Å². The van der Waals surface area contributed by atoms with Crippen molar-refractivity contribution in [2.24, 2.45) is 5.92 Å². The average molecular weight is 183 g/mol. The van der Waals surface area contributed by atoms with Crippen molar-refractivity contribution < 1.29 is 4.79 Å². The van der Waals surface area contributed by atoms with Gasteiger partial charge in [0.05, 0.1) is 5.00 Å². The molecule has 0 aromatic carbocycles. The fourth-order valence-electron chi connectivity index (χ4n) is 0.767. The van der Waals surface area contributed by atoms with Crippen LogP contribution in [-0.4, -0.2) is 5.91 Å². The van der Waals surface area contributed by atoms with E-state index in [0.717, 1.165) is 5.00 Å². The lowest BCUT2D eigenvalue weighted by Gasteiger charge is -2.03. The summed E-state index contributed by atoms with van der Waals surface area (Å²) < 4.78 is 0. The summed E-state index contributed by atoms with van der Waals surface area (Å²) in [7, 11) is 0. The lowest BCUT2D eigenvalue weighted by molar-refractivity contribution is -0.118. The molecule has 0 bridgehead atoms. The van der Waals surface area contributed by atoms with Crippen molar-refractivity contribution in [2.75, 3.05) is 5.32 Å². The Hall–Kier alpha value is -0.830. The first-order chi connectivity index (χ1) is 5.59. The summed E-state index contributed by atoms with van der Waals surface area (Å²) in [6.45, 7) is 5.79. The largest absolute Gasteiger partial charge is 0.317 e. The van der Waals surface area contributed by atoms with Crippen LogP contribution in [0.2, 0.25) is 0 Å². The van der Waals surface area contributed by atoms with Crippen LogP contribution in [0.4, 0.5) is 5.00 Å². The van der Waals surface area contributed by atoms with Crippen LogP contribution < -0.4 is 5.32 Å². The van der Waals surface area contributed by atoms with Crippen LogP contribution in [0.25, 0.3) is 0 Å². The van der Waals surface area contributed by atoms with Gasteiger partial charge in [0.15, 0.2) is 0 Å². The second-order valence-corrected chi connectivity index (χ2v) is 4.34. The number of thiophene rings is 1. The first-order valence-corrected chi connectivity index (χ1v) is 4.78. The van der Waals surface area contributed by atoms with Gasteiger partial charge >= 0.3 is 0 Å². The third kappa shape index (κ3) is 2.34. The minimum absolute atomic E-state index is 0.0485. The van der Waals surface area contributed by atoms with Gasteiger partial charge in [0.2, 0.25) is 5.91 Å². The molecule has 12 heavy (non-hydrogen) atoms. The van der Waals surface area contributed by atoms with Gasteiger partial charge in [0, 0.05) is 10.8 Å². The molecule has 1 aromatic rings. The molecule has 0 fully saturated rings. The van der Waals surface area contributed by atoms with Gasteiger partial charge in [-0.25, -0.2) is 0 Å². The van der Waals surface area contributed by atoms with E-state index < -0.39 is 0 Å². The molecule has 0 aliphatic rings. The zero-order chi connectivity index (χ0) is 9.14. The van der Waals surface area contributed by atoms with E-state index in [4.69, 9.17) is 0 Å². The Morgan fingerprint density at radius 3 is 2.58 bits per heavy atom. The van der Waals surface area contributed by atoms with Gasteiger partial charge < -0.3 is 5.32 Å². The maximum absolute atomic E-state index is 11.2. The molecular formula is C9H13NOS. The van der Waals surface area contributed by atoms with Crippen molar-refractivity contribution in [1.29, 1.82) is 0 Å². The van der Waals surface area contributed by atoms with E-state index in [9.17, 15) is 4.79 Å². The monoisotopic (exact) mass is 183 g/mol. The predicted octanol–water partition coefficient (Wildman–Crippen LogP) is 2.65. The number of hydrogen-bond acceptors (Lipinski definition) is 2. The van der Waals surface area contributed by atoms with Gasteiger partial charge in [-0.15, -0.1) is 11.3 Å². The molecule has 1 rings (SSSR count). The van der Waals surface area contributed by atoms with E-state index in [-0.39, 0.29) is 11.8 Å². The molecule has 1 N–H and O–H groups in total. The molecule has 0 spiro atoms. The first-order valence-electron chi connectivity index (χ1n) is 3.97. The minimum Gasteiger partial charge on any atom is -0.317 e. The van der Waals surface area contributed by atoms with E-state index in [2.05, 4.69) is 5.32 Å². The molecule has 0 unspecified atom stereocenters. The fourth-order valence-corrected chi connectivity index (χ4v) is 1.54. The highest BCUT2D eigenvalue weighted by Gasteiger charge is 2.07. The second-order valence-electron chi connectivity index (χ2n) is 3.05. The van der Waals surface area contributed by atoms with Crippen molar-refractivity contribution in [3.63, 3.8) is 0 Å². The van der Waals surface area contributed by atoms with Crippen molar-refractivity contribution >= 4 is 22.2 Å². The highest BCUT2D eigenvalue weighted by molar-refractivity contribution is 7.16. The number of anilines is 1. The number of amides is 1. The summed E-state index contributed by atoms with van der Waals surface area (Å²) >= 11 is 1.60. The van der Waals surface area contributed by atoms with Crippen LogP contribution in [0.5, 0.6) is 0 Å². The van der Waals surface area contributed by atoms with E-state index in [0.29, 0.717) is 0 Å². The predicted molar refractivity (Wildman–Crippen MR) is 52.5 cm³/mol. The minimum atomic E-state index is 0.0485. The molecule has 1 heterocycles. The summed E-state index contributed by atoms with van der Waals surface area (Å²) in [5.74, 6) is 0.129. The maximum atomic E-state index is 11.2. The quantitative estimate of drug-likeness (QED) is 0.750. The fraction of sp³-hybridized carbons (Fsp3) is 0.444. The molecular weight excluding hydrogens is 170 g/mol. The van der Waals surface area contributed by atoms with Crippen molar-refractivity contribution in [3.8, 4) is 0 Å². The average Bonchev–Trinajstić information content (AvgIpc) is 2.35. The molecule has 1 aromatic heterocycles. The summed E-state index contributed by atoms with van der Waals surface area (Å²) in [6.07, 6.45) is 0. The van der Waals surface area contributed by atoms with Crippen molar-refractivity contribution in [3.05, 3.63) is 17.0 Å².